The van der Waals surface area contributed by atoms with E-state index in [1.807, 2.05) is 29.3 Å². The van der Waals surface area contributed by atoms with Crippen molar-refractivity contribution in [1.82, 2.24) is 9.88 Å². The van der Waals surface area contributed by atoms with Gasteiger partial charge in [-0.05, 0) is 61.0 Å². The van der Waals surface area contributed by atoms with Gasteiger partial charge in [-0.3, -0.25) is 9.78 Å². The van der Waals surface area contributed by atoms with Gasteiger partial charge in [-0.1, -0.05) is 6.07 Å². The second-order valence-electron chi connectivity index (χ2n) is 7.85. The molecule has 0 unspecified atom stereocenters. The van der Waals surface area contributed by atoms with E-state index in [9.17, 15) is 4.79 Å². The number of hydrogen-bond acceptors (Lipinski definition) is 5. The van der Waals surface area contributed by atoms with E-state index < -0.39 is 0 Å². The first kappa shape index (κ1) is 21.0. The lowest BCUT2D eigenvalue weighted by Crippen LogP contribution is -2.39. The summed E-state index contributed by atoms with van der Waals surface area (Å²) in [6, 6.07) is 11.6. The largest absolute Gasteiger partial charge is 0.496 e. The number of aryl methyl sites for hydroxylation is 1. The molecule has 6 heteroatoms. The fraction of sp³-hybridized carbons (Fsp3) is 0.360. The number of carbonyl (C=O) groups is 1. The smallest absolute Gasteiger partial charge is 0.261 e. The van der Waals surface area contributed by atoms with Crippen LogP contribution in [-0.2, 0) is 0 Å². The number of piperidine rings is 1. The molecule has 1 fully saturated rings. The van der Waals surface area contributed by atoms with Gasteiger partial charge in [0.05, 0.1) is 21.3 Å². The van der Waals surface area contributed by atoms with Crippen LogP contribution < -0.4 is 14.2 Å². The van der Waals surface area contributed by atoms with Crippen LogP contribution >= 0.6 is 0 Å². The van der Waals surface area contributed by atoms with Crippen LogP contribution in [0.5, 0.6) is 17.2 Å². The lowest BCUT2D eigenvalue weighted by molar-refractivity contribution is 0.0699. The van der Waals surface area contributed by atoms with Crippen LogP contribution in [-0.4, -0.2) is 50.2 Å². The van der Waals surface area contributed by atoms with Gasteiger partial charge in [0.15, 0.2) is 0 Å². The first-order chi connectivity index (χ1) is 15.1. The molecule has 1 saturated heterocycles. The van der Waals surface area contributed by atoms with Crippen LogP contribution in [0.4, 0.5) is 0 Å². The van der Waals surface area contributed by atoms with E-state index in [1.54, 1.807) is 33.5 Å². The molecule has 1 atom stereocenters. The third-order valence-corrected chi connectivity index (χ3v) is 6.13. The second kappa shape index (κ2) is 8.84. The number of likely N-dealkylation sites (tertiary alicyclic amines) is 1. The summed E-state index contributed by atoms with van der Waals surface area (Å²) >= 11 is 0. The summed E-state index contributed by atoms with van der Waals surface area (Å²) in [5.74, 6) is 2.02. The summed E-state index contributed by atoms with van der Waals surface area (Å²) in [6.07, 6.45) is 3.83. The predicted molar refractivity (Wildman–Crippen MR) is 120 cm³/mol. The van der Waals surface area contributed by atoms with E-state index in [2.05, 4.69) is 13.0 Å². The molecule has 0 N–H and O–H groups in total. The molecular weight excluding hydrogens is 392 g/mol. The Hall–Kier alpha value is -3.28. The highest BCUT2D eigenvalue weighted by Crippen LogP contribution is 2.34. The van der Waals surface area contributed by atoms with Crippen molar-refractivity contribution in [3.63, 3.8) is 0 Å². The Morgan fingerprint density at radius 1 is 1.03 bits per heavy atom. The van der Waals surface area contributed by atoms with Crippen molar-refractivity contribution < 1.29 is 19.0 Å². The zero-order valence-corrected chi connectivity index (χ0v) is 18.5. The van der Waals surface area contributed by atoms with Gasteiger partial charge in [0.25, 0.3) is 5.91 Å². The fourth-order valence-electron chi connectivity index (χ4n) is 4.43. The van der Waals surface area contributed by atoms with Gasteiger partial charge in [-0.2, -0.15) is 0 Å². The van der Waals surface area contributed by atoms with E-state index in [0.29, 0.717) is 30.2 Å². The average Bonchev–Trinajstić information content (AvgIpc) is 2.83. The third kappa shape index (κ3) is 3.90. The predicted octanol–water partition coefficient (Wildman–Crippen LogP) is 4.59. The maximum Gasteiger partial charge on any atom is 0.261 e. The monoisotopic (exact) mass is 420 g/mol. The topological polar surface area (TPSA) is 60.9 Å². The Morgan fingerprint density at radius 3 is 2.42 bits per heavy atom. The molecular formula is C25H28N2O4. The standard InChI is InChI=1S/C25H28N2O4/c1-16-19-13-20(26-14-17(19)10-11-21(16)29-2)18-7-6-12-27(15-18)25(28)24-22(30-3)8-5-9-23(24)31-4/h5,8-11,13-14,18H,6-7,12,15H2,1-4H3/t18-/m1/s1. The van der Waals surface area contributed by atoms with E-state index >= 15 is 0 Å². The van der Waals surface area contributed by atoms with Gasteiger partial charge >= 0.3 is 0 Å². The molecule has 3 aromatic rings. The summed E-state index contributed by atoms with van der Waals surface area (Å²) in [5.41, 5.74) is 2.58. The van der Waals surface area contributed by atoms with E-state index in [0.717, 1.165) is 40.6 Å². The summed E-state index contributed by atoms with van der Waals surface area (Å²) in [5, 5.41) is 2.23. The van der Waals surface area contributed by atoms with Crippen molar-refractivity contribution in [2.24, 2.45) is 0 Å². The lowest BCUT2D eigenvalue weighted by Gasteiger charge is -2.33. The molecule has 0 bridgehead atoms. The Bertz CT molecular complexity index is 1090. The lowest BCUT2D eigenvalue weighted by atomic mass is 9.92. The number of aromatic nitrogens is 1. The minimum absolute atomic E-state index is 0.0716. The van der Waals surface area contributed by atoms with Crippen LogP contribution in [0, 0.1) is 6.92 Å². The van der Waals surface area contributed by atoms with Crippen molar-refractivity contribution in [2.75, 3.05) is 34.4 Å². The molecule has 1 aliphatic heterocycles. The normalized spacial score (nSPS) is 16.3. The highest BCUT2D eigenvalue weighted by Gasteiger charge is 2.30. The van der Waals surface area contributed by atoms with Gasteiger partial charge < -0.3 is 19.1 Å². The Kier molecular flexibility index (Phi) is 5.98. The molecule has 31 heavy (non-hydrogen) atoms. The van der Waals surface area contributed by atoms with E-state index in [-0.39, 0.29) is 11.8 Å². The van der Waals surface area contributed by atoms with Crippen molar-refractivity contribution in [2.45, 2.75) is 25.7 Å². The van der Waals surface area contributed by atoms with Crippen molar-refractivity contribution >= 4 is 16.7 Å². The zero-order valence-electron chi connectivity index (χ0n) is 18.5. The summed E-state index contributed by atoms with van der Waals surface area (Å²) in [4.78, 5) is 20.0. The number of amides is 1. The molecule has 1 aromatic heterocycles. The van der Waals surface area contributed by atoms with E-state index in [1.165, 1.54) is 0 Å². The molecule has 0 spiro atoms. The number of hydrogen-bond donors (Lipinski definition) is 0. The molecule has 162 valence electrons. The molecule has 2 heterocycles. The molecule has 0 aliphatic carbocycles. The molecule has 6 nitrogen and oxygen atoms in total. The number of fused-ring (bicyclic) bond motifs is 1. The van der Waals surface area contributed by atoms with Crippen LogP contribution in [0.1, 0.15) is 40.4 Å². The third-order valence-electron chi connectivity index (χ3n) is 6.13. The van der Waals surface area contributed by atoms with Gasteiger partial charge in [-0.15, -0.1) is 0 Å². The SMILES string of the molecule is COc1cccc(OC)c1C(=O)N1CCC[C@@H](c2cc3c(C)c(OC)ccc3cn2)C1. The average molecular weight is 421 g/mol. The Balaban J connectivity index is 1.64. The first-order valence-electron chi connectivity index (χ1n) is 10.5. The minimum Gasteiger partial charge on any atom is -0.496 e. The van der Waals surface area contributed by atoms with Crippen molar-refractivity contribution in [3.8, 4) is 17.2 Å². The molecule has 4 rings (SSSR count). The maximum atomic E-state index is 13.4. The summed E-state index contributed by atoms with van der Waals surface area (Å²) in [6.45, 7) is 3.38. The minimum atomic E-state index is -0.0716. The number of pyridine rings is 1. The number of methoxy groups -OCH3 is 3. The van der Waals surface area contributed by atoms with Gasteiger partial charge in [0.2, 0.25) is 0 Å². The maximum absolute atomic E-state index is 13.4. The Morgan fingerprint density at radius 2 is 1.74 bits per heavy atom. The van der Waals surface area contributed by atoms with Crippen LogP contribution in [0.3, 0.4) is 0 Å². The summed E-state index contributed by atoms with van der Waals surface area (Å²) < 4.78 is 16.4. The van der Waals surface area contributed by atoms with Crippen molar-refractivity contribution in [3.05, 3.63) is 59.4 Å². The highest BCUT2D eigenvalue weighted by molar-refractivity contribution is 6.00. The molecule has 0 radical (unpaired) electrons. The second-order valence-corrected chi connectivity index (χ2v) is 7.85. The highest BCUT2D eigenvalue weighted by atomic mass is 16.5. The number of nitrogens with zero attached hydrogens (tertiary/aromatic N) is 2. The number of carbonyl (C=O) groups excluding carboxylic acids is 1. The van der Waals surface area contributed by atoms with Gasteiger partial charge in [0.1, 0.15) is 22.8 Å². The number of ether oxygens (including phenoxy) is 3. The van der Waals surface area contributed by atoms with Crippen LogP contribution in [0.15, 0.2) is 42.6 Å². The van der Waals surface area contributed by atoms with Crippen molar-refractivity contribution in [1.29, 1.82) is 0 Å². The molecule has 1 amide bonds. The zero-order chi connectivity index (χ0) is 22.0. The molecule has 1 aliphatic rings. The quantitative estimate of drug-likeness (QED) is 0.604. The first-order valence-corrected chi connectivity index (χ1v) is 10.5. The van der Waals surface area contributed by atoms with Crippen LogP contribution in [0.2, 0.25) is 0 Å². The molecule has 0 saturated carbocycles. The fourth-order valence-corrected chi connectivity index (χ4v) is 4.43. The Labute approximate surface area is 182 Å². The van der Waals surface area contributed by atoms with Gasteiger partial charge in [-0.25, -0.2) is 0 Å². The number of rotatable bonds is 5. The van der Waals surface area contributed by atoms with Crippen LogP contribution in [0.25, 0.3) is 10.8 Å². The molecule has 2 aromatic carbocycles. The van der Waals surface area contributed by atoms with E-state index in [4.69, 9.17) is 19.2 Å². The number of benzene rings is 2. The van der Waals surface area contributed by atoms with Gasteiger partial charge in [0, 0.05) is 36.3 Å². The summed E-state index contributed by atoms with van der Waals surface area (Å²) in [7, 11) is 4.83.